The molecule has 0 aliphatic rings. The van der Waals surface area contributed by atoms with E-state index in [4.69, 9.17) is 14.2 Å². The Morgan fingerprint density at radius 3 is 2.27 bits per heavy atom. The fraction of sp³-hybridized carbons (Fsp3) is 0.267. The number of carbonyl (C=O) groups is 1. The highest BCUT2D eigenvalue weighted by molar-refractivity contribution is 6.02. The number of nitrogens with zero attached hydrogens (tertiary/aromatic N) is 2. The Morgan fingerprint density at radius 1 is 1.09 bits per heavy atom. The molecule has 22 heavy (non-hydrogen) atoms. The molecule has 1 heterocycles. The number of carbonyl (C=O) groups excluding carboxylic acids is 1. The SMILES string of the molecule is CCOc1ccc(C(=O)Nc2cc(OC)cc(OC)c2)nn1. The molecule has 0 spiro atoms. The zero-order valence-electron chi connectivity index (χ0n) is 12.6. The third-order valence-corrected chi connectivity index (χ3v) is 2.77. The summed E-state index contributed by atoms with van der Waals surface area (Å²) in [4.78, 5) is 12.1. The van der Waals surface area contributed by atoms with Gasteiger partial charge in [0, 0.05) is 30.0 Å². The van der Waals surface area contributed by atoms with Gasteiger partial charge in [-0.3, -0.25) is 4.79 Å². The summed E-state index contributed by atoms with van der Waals surface area (Å²) in [6, 6.07) is 8.22. The largest absolute Gasteiger partial charge is 0.497 e. The Hall–Kier alpha value is -2.83. The molecule has 1 aromatic carbocycles. The van der Waals surface area contributed by atoms with E-state index >= 15 is 0 Å². The molecule has 0 saturated carbocycles. The van der Waals surface area contributed by atoms with E-state index in [1.165, 1.54) is 14.2 Å². The Kier molecular flexibility index (Phi) is 5.13. The van der Waals surface area contributed by atoms with Crippen LogP contribution < -0.4 is 19.5 Å². The van der Waals surface area contributed by atoms with Crippen LogP contribution in [-0.4, -0.2) is 36.9 Å². The lowest BCUT2D eigenvalue weighted by Crippen LogP contribution is -2.14. The Bertz CT molecular complexity index is 621. The first-order valence-corrected chi connectivity index (χ1v) is 6.67. The predicted octanol–water partition coefficient (Wildman–Crippen LogP) is 2.14. The molecule has 0 atom stereocenters. The van der Waals surface area contributed by atoms with Crippen LogP contribution in [0.2, 0.25) is 0 Å². The summed E-state index contributed by atoms with van der Waals surface area (Å²) in [7, 11) is 3.08. The molecular formula is C15H17N3O4. The van der Waals surface area contributed by atoms with Crippen molar-refractivity contribution in [2.24, 2.45) is 0 Å². The number of benzene rings is 1. The predicted molar refractivity (Wildman–Crippen MR) is 80.7 cm³/mol. The first-order valence-electron chi connectivity index (χ1n) is 6.67. The monoisotopic (exact) mass is 303 g/mol. The fourth-order valence-corrected chi connectivity index (χ4v) is 1.74. The molecule has 0 radical (unpaired) electrons. The number of ether oxygens (including phenoxy) is 3. The quantitative estimate of drug-likeness (QED) is 0.880. The number of amides is 1. The molecule has 0 saturated heterocycles. The number of nitrogens with one attached hydrogen (secondary N) is 1. The van der Waals surface area contributed by atoms with Crippen LogP contribution in [0.3, 0.4) is 0 Å². The van der Waals surface area contributed by atoms with Crippen molar-refractivity contribution in [2.45, 2.75) is 6.92 Å². The maximum atomic E-state index is 12.1. The number of aromatic nitrogens is 2. The summed E-state index contributed by atoms with van der Waals surface area (Å²) in [6.45, 7) is 2.34. The highest BCUT2D eigenvalue weighted by Gasteiger charge is 2.11. The molecule has 0 aliphatic heterocycles. The van der Waals surface area contributed by atoms with E-state index in [-0.39, 0.29) is 11.6 Å². The second-order valence-corrected chi connectivity index (χ2v) is 4.25. The van der Waals surface area contributed by atoms with E-state index in [9.17, 15) is 4.79 Å². The summed E-state index contributed by atoms with van der Waals surface area (Å²) >= 11 is 0. The topological polar surface area (TPSA) is 82.6 Å². The van der Waals surface area contributed by atoms with E-state index < -0.39 is 0 Å². The highest BCUT2D eigenvalue weighted by Crippen LogP contribution is 2.26. The van der Waals surface area contributed by atoms with Crippen molar-refractivity contribution in [1.29, 1.82) is 0 Å². The van der Waals surface area contributed by atoms with Crippen LogP contribution in [0.15, 0.2) is 30.3 Å². The molecule has 1 aromatic heterocycles. The number of hydrogen-bond donors (Lipinski definition) is 1. The minimum atomic E-state index is -0.383. The molecular weight excluding hydrogens is 286 g/mol. The normalized spacial score (nSPS) is 9.95. The standard InChI is InChI=1S/C15H17N3O4/c1-4-22-14-6-5-13(17-18-14)15(19)16-10-7-11(20-2)9-12(8-10)21-3/h5-9H,4H2,1-3H3,(H,16,19). The second kappa shape index (κ2) is 7.26. The molecule has 7 nitrogen and oxygen atoms in total. The van der Waals surface area contributed by atoms with E-state index in [1.807, 2.05) is 6.92 Å². The molecule has 2 aromatic rings. The van der Waals surface area contributed by atoms with Gasteiger partial charge in [0.15, 0.2) is 5.69 Å². The molecule has 1 amide bonds. The number of rotatable bonds is 6. The molecule has 0 fully saturated rings. The summed E-state index contributed by atoms with van der Waals surface area (Å²) < 4.78 is 15.5. The van der Waals surface area contributed by atoms with Gasteiger partial charge in [-0.05, 0) is 13.0 Å². The van der Waals surface area contributed by atoms with Gasteiger partial charge in [-0.1, -0.05) is 0 Å². The van der Waals surface area contributed by atoms with E-state index in [0.29, 0.717) is 29.7 Å². The minimum absolute atomic E-state index is 0.185. The maximum absolute atomic E-state index is 12.1. The van der Waals surface area contributed by atoms with Gasteiger partial charge >= 0.3 is 0 Å². The van der Waals surface area contributed by atoms with Gasteiger partial charge in [0.1, 0.15) is 11.5 Å². The minimum Gasteiger partial charge on any atom is -0.497 e. The zero-order valence-corrected chi connectivity index (χ0v) is 12.6. The second-order valence-electron chi connectivity index (χ2n) is 4.25. The van der Waals surface area contributed by atoms with E-state index in [0.717, 1.165) is 0 Å². The molecule has 2 rings (SSSR count). The lowest BCUT2D eigenvalue weighted by Gasteiger charge is -2.09. The van der Waals surface area contributed by atoms with Crippen LogP contribution in [-0.2, 0) is 0 Å². The Morgan fingerprint density at radius 2 is 1.77 bits per heavy atom. The van der Waals surface area contributed by atoms with Crippen molar-refractivity contribution in [1.82, 2.24) is 10.2 Å². The first-order chi connectivity index (χ1) is 10.7. The summed E-state index contributed by atoms with van der Waals surface area (Å²) in [5, 5.41) is 10.4. The summed E-state index contributed by atoms with van der Waals surface area (Å²) in [5.41, 5.74) is 0.724. The maximum Gasteiger partial charge on any atom is 0.276 e. The van der Waals surface area contributed by atoms with Gasteiger partial charge in [-0.15, -0.1) is 10.2 Å². The fourth-order valence-electron chi connectivity index (χ4n) is 1.74. The molecule has 1 N–H and O–H groups in total. The van der Waals surface area contributed by atoms with Crippen LogP contribution in [0.4, 0.5) is 5.69 Å². The van der Waals surface area contributed by atoms with Crippen molar-refractivity contribution >= 4 is 11.6 Å². The molecule has 116 valence electrons. The van der Waals surface area contributed by atoms with Crippen molar-refractivity contribution in [3.63, 3.8) is 0 Å². The molecule has 0 aliphatic carbocycles. The van der Waals surface area contributed by atoms with E-state index in [2.05, 4.69) is 15.5 Å². The first kappa shape index (κ1) is 15.6. The van der Waals surface area contributed by atoms with Crippen LogP contribution >= 0.6 is 0 Å². The number of methoxy groups -OCH3 is 2. The smallest absolute Gasteiger partial charge is 0.276 e. The van der Waals surface area contributed by atoms with Crippen molar-refractivity contribution < 1.29 is 19.0 Å². The Labute approximate surface area is 128 Å². The van der Waals surface area contributed by atoms with Gasteiger partial charge in [-0.2, -0.15) is 0 Å². The van der Waals surface area contributed by atoms with Crippen molar-refractivity contribution in [2.75, 3.05) is 26.1 Å². The van der Waals surface area contributed by atoms with Gasteiger partial charge < -0.3 is 19.5 Å². The molecule has 7 heteroatoms. The Balaban J connectivity index is 2.14. The lowest BCUT2D eigenvalue weighted by molar-refractivity contribution is 0.102. The van der Waals surface area contributed by atoms with Gasteiger partial charge in [0.05, 0.1) is 20.8 Å². The third-order valence-electron chi connectivity index (χ3n) is 2.77. The average molecular weight is 303 g/mol. The van der Waals surface area contributed by atoms with Crippen LogP contribution in [0.25, 0.3) is 0 Å². The third kappa shape index (κ3) is 3.85. The zero-order chi connectivity index (χ0) is 15.9. The number of anilines is 1. The van der Waals surface area contributed by atoms with Crippen LogP contribution in [0, 0.1) is 0 Å². The van der Waals surface area contributed by atoms with Crippen LogP contribution in [0.5, 0.6) is 17.4 Å². The molecule has 0 unspecified atom stereocenters. The van der Waals surface area contributed by atoms with Crippen LogP contribution in [0.1, 0.15) is 17.4 Å². The van der Waals surface area contributed by atoms with Gasteiger partial charge in [-0.25, -0.2) is 0 Å². The van der Waals surface area contributed by atoms with Gasteiger partial charge in [0.25, 0.3) is 5.91 Å². The summed E-state index contributed by atoms with van der Waals surface area (Å²) in [6.07, 6.45) is 0. The van der Waals surface area contributed by atoms with Crippen molar-refractivity contribution in [3.05, 3.63) is 36.0 Å². The van der Waals surface area contributed by atoms with Gasteiger partial charge in [0.2, 0.25) is 5.88 Å². The van der Waals surface area contributed by atoms with E-state index in [1.54, 1.807) is 30.3 Å². The lowest BCUT2D eigenvalue weighted by atomic mass is 10.2. The average Bonchev–Trinajstić information content (AvgIpc) is 2.55. The van der Waals surface area contributed by atoms with Crippen molar-refractivity contribution in [3.8, 4) is 17.4 Å². The number of hydrogen-bond acceptors (Lipinski definition) is 6. The highest BCUT2D eigenvalue weighted by atomic mass is 16.5. The molecule has 0 bridgehead atoms. The summed E-state index contributed by atoms with van der Waals surface area (Å²) in [5.74, 6) is 1.15.